The van der Waals surface area contributed by atoms with E-state index in [4.69, 9.17) is 9.15 Å². The standard InChI is InChI=1S/C20H23N3O2/c1-2-8-16(9-3-1)10-6-14-23-13-5-4-11-17(23)19-21-22-20(25-19)18-12-7-15-24-18/h1-3,8-9,17-18H,4-5,7,11-15H2/t17-,18+/m0/s1. The lowest BCUT2D eigenvalue weighted by Crippen LogP contribution is -2.34. The summed E-state index contributed by atoms with van der Waals surface area (Å²) in [7, 11) is 0. The first-order chi connectivity index (χ1) is 12.4. The lowest BCUT2D eigenvalue weighted by Gasteiger charge is -2.31. The Labute approximate surface area is 148 Å². The van der Waals surface area contributed by atoms with Gasteiger partial charge in [0.25, 0.3) is 0 Å². The van der Waals surface area contributed by atoms with Crippen molar-refractivity contribution in [3.05, 3.63) is 47.7 Å². The summed E-state index contributed by atoms with van der Waals surface area (Å²) >= 11 is 0. The molecular formula is C20H23N3O2. The fourth-order valence-corrected chi connectivity index (χ4v) is 3.51. The summed E-state index contributed by atoms with van der Waals surface area (Å²) in [6, 6.07) is 10.3. The molecule has 0 radical (unpaired) electrons. The zero-order valence-corrected chi connectivity index (χ0v) is 14.4. The Morgan fingerprint density at radius 1 is 1.04 bits per heavy atom. The maximum atomic E-state index is 5.96. The molecule has 0 unspecified atom stereocenters. The second-order valence-corrected chi connectivity index (χ2v) is 6.63. The molecule has 2 fully saturated rings. The predicted octanol–water partition coefficient (Wildman–Crippen LogP) is 3.50. The van der Waals surface area contributed by atoms with Gasteiger partial charge in [-0.3, -0.25) is 4.90 Å². The highest BCUT2D eigenvalue weighted by molar-refractivity contribution is 5.33. The van der Waals surface area contributed by atoms with Crippen molar-refractivity contribution in [3.63, 3.8) is 0 Å². The smallest absolute Gasteiger partial charge is 0.245 e. The summed E-state index contributed by atoms with van der Waals surface area (Å²) in [4.78, 5) is 2.35. The molecule has 1 aromatic heterocycles. The lowest BCUT2D eigenvalue weighted by molar-refractivity contribution is 0.0825. The minimum Gasteiger partial charge on any atom is -0.421 e. The van der Waals surface area contributed by atoms with Gasteiger partial charge in [0.2, 0.25) is 11.8 Å². The Hall–Kier alpha value is -2.16. The van der Waals surface area contributed by atoms with E-state index < -0.39 is 0 Å². The molecular weight excluding hydrogens is 314 g/mol. The Bertz CT molecular complexity index is 741. The SMILES string of the molecule is C(#Cc1ccccc1)CN1CCCC[C@H]1c1nnc([C@H]2CCCO2)o1. The van der Waals surface area contributed by atoms with Gasteiger partial charge in [0.05, 0.1) is 12.6 Å². The van der Waals surface area contributed by atoms with Crippen LogP contribution in [0.15, 0.2) is 34.7 Å². The molecule has 0 saturated carbocycles. The summed E-state index contributed by atoms with van der Waals surface area (Å²) < 4.78 is 11.6. The zero-order valence-electron chi connectivity index (χ0n) is 14.4. The zero-order chi connectivity index (χ0) is 16.9. The number of hydrogen-bond acceptors (Lipinski definition) is 5. The molecule has 0 amide bonds. The molecule has 2 saturated heterocycles. The molecule has 130 valence electrons. The van der Waals surface area contributed by atoms with Crippen LogP contribution in [0.2, 0.25) is 0 Å². The van der Waals surface area contributed by atoms with E-state index in [0.717, 1.165) is 44.5 Å². The van der Waals surface area contributed by atoms with Gasteiger partial charge >= 0.3 is 0 Å². The number of rotatable bonds is 3. The van der Waals surface area contributed by atoms with Crippen molar-refractivity contribution >= 4 is 0 Å². The molecule has 3 heterocycles. The molecule has 5 nitrogen and oxygen atoms in total. The van der Waals surface area contributed by atoms with E-state index in [9.17, 15) is 0 Å². The minimum atomic E-state index is -0.0174. The molecule has 0 spiro atoms. The summed E-state index contributed by atoms with van der Waals surface area (Å²) in [5.74, 6) is 7.88. The van der Waals surface area contributed by atoms with E-state index in [1.54, 1.807) is 0 Å². The van der Waals surface area contributed by atoms with Gasteiger partial charge in [-0.15, -0.1) is 10.2 Å². The van der Waals surface area contributed by atoms with E-state index >= 15 is 0 Å². The molecule has 25 heavy (non-hydrogen) atoms. The summed E-state index contributed by atoms with van der Waals surface area (Å²) in [6.07, 6.45) is 5.43. The molecule has 2 aliphatic heterocycles. The van der Waals surface area contributed by atoms with Gasteiger partial charge in [-0.2, -0.15) is 0 Å². The van der Waals surface area contributed by atoms with Crippen LogP contribution in [0.1, 0.15) is 61.6 Å². The van der Waals surface area contributed by atoms with Gasteiger partial charge in [0.1, 0.15) is 6.10 Å². The largest absolute Gasteiger partial charge is 0.421 e. The molecule has 5 heteroatoms. The monoisotopic (exact) mass is 337 g/mol. The van der Waals surface area contributed by atoms with Crippen molar-refractivity contribution in [2.45, 2.75) is 44.2 Å². The highest BCUT2D eigenvalue weighted by atomic mass is 16.5. The number of likely N-dealkylation sites (tertiary alicyclic amines) is 1. The third-order valence-corrected chi connectivity index (χ3v) is 4.85. The average Bonchev–Trinajstić information content (AvgIpc) is 3.35. The Morgan fingerprint density at radius 2 is 1.92 bits per heavy atom. The topological polar surface area (TPSA) is 51.4 Å². The van der Waals surface area contributed by atoms with Gasteiger partial charge in [-0.25, -0.2) is 0 Å². The molecule has 0 aliphatic carbocycles. The van der Waals surface area contributed by atoms with Crippen LogP contribution < -0.4 is 0 Å². The molecule has 0 N–H and O–H groups in total. The van der Waals surface area contributed by atoms with Crippen molar-refractivity contribution in [2.24, 2.45) is 0 Å². The van der Waals surface area contributed by atoms with Crippen LogP contribution in [0.3, 0.4) is 0 Å². The van der Waals surface area contributed by atoms with Crippen LogP contribution in [0.5, 0.6) is 0 Å². The van der Waals surface area contributed by atoms with Crippen molar-refractivity contribution in [2.75, 3.05) is 19.7 Å². The van der Waals surface area contributed by atoms with Crippen LogP contribution >= 0.6 is 0 Å². The van der Waals surface area contributed by atoms with Gasteiger partial charge < -0.3 is 9.15 Å². The Morgan fingerprint density at radius 3 is 2.76 bits per heavy atom. The van der Waals surface area contributed by atoms with Gasteiger partial charge in [-0.1, -0.05) is 36.5 Å². The van der Waals surface area contributed by atoms with Crippen LogP contribution in [-0.2, 0) is 4.74 Å². The van der Waals surface area contributed by atoms with Gasteiger partial charge in [0.15, 0.2) is 0 Å². The van der Waals surface area contributed by atoms with Crippen LogP contribution in [0.4, 0.5) is 0 Å². The first kappa shape index (κ1) is 16.3. The molecule has 4 rings (SSSR count). The third-order valence-electron chi connectivity index (χ3n) is 4.85. The Kier molecular flexibility index (Phi) is 5.10. The summed E-state index contributed by atoms with van der Waals surface area (Å²) in [6.45, 7) is 2.52. The Balaban J connectivity index is 1.45. The second kappa shape index (κ2) is 7.81. The van der Waals surface area contributed by atoms with Gasteiger partial charge in [-0.05, 0) is 44.4 Å². The van der Waals surface area contributed by atoms with E-state index in [0.29, 0.717) is 11.8 Å². The van der Waals surface area contributed by atoms with Gasteiger partial charge in [0, 0.05) is 12.2 Å². The van der Waals surface area contributed by atoms with Crippen LogP contribution in [-0.4, -0.2) is 34.8 Å². The highest BCUT2D eigenvalue weighted by Gasteiger charge is 2.30. The maximum absolute atomic E-state index is 5.96. The fourth-order valence-electron chi connectivity index (χ4n) is 3.51. The number of hydrogen-bond donors (Lipinski definition) is 0. The van der Waals surface area contributed by atoms with Crippen molar-refractivity contribution in [1.82, 2.24) is 15.1 Å². The lowest BCUT2D eigenvalue weighted by atomic mass is 10.0. The van der Waals surface area contributed by atoms with Crippen molar-refractivity contribution in [1.29, 1.82) is 0 Å². The van der Waals surface area contributed by atoms with Crippen molar-refractivity contribution < 1.29 is 9.15 Å². The second-order valence-electron chi connectivity index (χ2n) is 6.63. The molecule has 2 aromatic rings. The number of piperidine rings is 1. The number of nitrogens with zero attached hydrogens (tertiary/aromatic N) is 3. The quantitative estimate of drug-likeness (QED) is 0.802. The minimum absolute atomic E-state index is 0.0174. The summed E-state index contributed by atoms with van der Waals surface area (Å²) in [5.41, 5.74) is 1.05. The maximum Gasteiger partial charge on any atom is 0.245 e. The first-order valence-corrected chi connectivity index (χ1v) is 9.13. The predicted molar refractivity (Wildman–Crippen MR) is 93.7 cm³/mol. The van der Waals surface area contributed by atoms with Crippen molar-refractivity contribution in [3.8, 4) is 11.8 Å². The van der Waals surface area contributed by atoms with Crippen LogP contribution in [0, 0.1) is 11.8 Å². The molecule has 2 atom stereocenters. The first-order valence-electron chi connectivity index (χ1n) is 9.13. The third kappa shape index (κ3) is 3.92. The summed E-state index contributed by atoms with van der Waals surface area (Å²) in [5, 5.41) is 8.55. The molecule has 0 bridgehead atoms. The van der Waals surface area contributed by atoms with E-state index in [1.807, 2.05) is 30.3 Å². The molecule has 2 aliphatic rings. The molecule has 1 aromatic carbocycles. The normalized spacial score (nSPS) is 24.0. The number of ether oxygens (including phenoxy) is 1. The number of aromatic nitrogens is 2. The number of benzene rings is 1. The fraction of sp³-hybridized carbons (Fsp3) is 0.500. The average molecular weight is 337 g/mol. The van der Waals surface area contributed by atoms with E-state index in [1.165, 1.54) is 12.8 Å². The van der Waals surface area contributed by atoms with Crippen LogP contribution in [0.25, 0.3) is 0 Å². The van der Waals surface area contributed by atoms with E-state index in [-0.39, 0.29) is 12.1 Å². The van der Waals surface area contributed by atoms with E-state index in [2.05, 4.69) is 26.9 Å². The highest BCUT2D eigenvalue weighted by Crippen LogP contribution is 2.33.